The summed E-state index contributed by atoms with van der Waals surface area (Å²) >= 11 is 0. The molecule has 0 amide bonds. The predicted molar refractivity (Wildman–Crippen MR) is 89.3 cm³/mol. The first-order valence-corrected chi connectivity index (χ1v) is 8.12. The zero-order chi connectivity index (χ0) is 14.5. The minimum atomic E-state index is 0.323. The number of hydrogen-bond acceptors (Lipinski definition) is 1. The fourth-order valence-corrected chi connectivity index (χ4v) is 3.67. The molecule has 0 bridgehead atoms. The summed E-state index contributed by atoms with van der Waals surface area (Å²) in [6, 6.07) is 19.7. The summed E-state index contributed by atoms with van der Waals surface area (Å²) < 4.78 is 0. The van der Waals surface area contributed by atoms with Gasteiger partial charge in [0.2, 0.25) is 0 Å². The van der Waals surface area contributed by atoms with Crippen LogP contribution in [0.3, 0.4) is 0 Å². The Morgan fingerprint density at radius 1 is 0.905 bits per heavy atom. The molecule has 1 heteroatoms. The van der Waals surface area contributed by atoms with Gasteiger partial charge in [0.25, 0.3) is 0 Å². The van der Waals surface area contributed by atoms with E-state index in [0.717, 1.165) is 13.0 Å². The normalized spacial score (nSPS) is 21.0. The van der Waals surface area contributed by atoms with Gasteiger partial charge in [-0.25, -0.2) is 0 Å². The van der Waals surface area contributed by atoms with Crippen molar-refractivity contribution in [3.05, 3.63) is 71.3 Å². The summed E-state index contributed by atoms with van der Waals surface area (Å²) in [7, 11) is 0. The number of fused-ring (bicyclic) bond motifs is 1. The first kappa shape index (κ1) is 14.3. The van der Waals surface area contributed by atoms with E-state index in [0.29, 0.717) is 5.41 Å². The second kappa shape index (κ2) is 6.44. The van der Waals surface area contributed by atoms with Crippen LogP contribution in [0.1, 0.15) is 36.0 Å². The van der Waals surface area contributed by atoms with Crippen molar-refractivity contribution in [3.8, 4) is 0 Å². The van der Waals surface area contributed by atoms with Gasteiger partial charge in [0.1, 0.15) is 0 Å². The van der Waals surface area contributed by atoms with Gasteiger partial charge in [-0.1, -0.05) is 54.6 Å². The predicted octanol–water partition coefficient (Wildman–Crippen LogP) is 4.14. The van der Waals surface area contributed by atoms with E-state index in [4.69, 9.17) is 5.73 Å². The first-order chi connectivity index (χ1) is 10.3. The molecule has 0 spiro atoms. The third kappa shape index (κ3) is 3.36. The molecule has 0 saturated heterocycles. The standard InChI is InChI=1S/C20H25N/c21-16-20(13-6-9-17-7-2-1-3-8-17)14-12-18-10-4-5-11-19(18)15-20/h1-5,7-8,10-11H,6,9,12-16,21H2. The van der Waals surface area contributed by atoms with Crippen molar-refractivity contribution in [1.29, 1.82) is 0 Å². The number of benzene rings is 2. The number of nitrogens with two attached hydrogens (primary N) is 1. The van der Waals surface area contributed by atoms with E-state index >= 15 is 0 Å². The Kier molecular flexibility index (Phi) is 4.40. The van der Waals surface area contributed by atoms with Gasteiger partial charge >= 0.3 is 0 Å². The maximum absolute atomic E-state index is 6.17. The Labute approximate surface area is 128 Å². The smallest absolute Gasteiger partial charge is 0.00172 e. The van der Waals surface area contributed by atoms with Gasteiger partial charge in [-0.2, -0.15) is 0 Å². The molecular formula is C20H25N. The third-order valence-electron chi connectivity index (χ3n) is 5.06. The Hall–Kier alpha value is -1.60. The lowest BCUT2D eigenvalue weighted by atomic mass is 9.69. The SMILES string of the molecule is NCC1(CCCc2ccccc2)CCc2ccccc2C1. The van der Waals surface area contributed by atoms with Crippen LogP contribution < -0.4 is 5.73 Å². The van der Waals surface area contributed by atoms with Crippen LogP contribution in [0, 0.1) is 5.41 Å². The van der Waals surface area contributed by atoms with Crippen LogP contribution in [0.15, 0.2) is 54.6 Å². The summed E-state index contributed by atoms with van der Waals surface area (Å²) in [5.41, 5.74) is 11.0. The Morgan fingerprint density at radius 3 is 2.38 bits per heavy atom. The molecular weight excluding hydrogens is 254 g/mol. The fourth-order valence-electron chi connectivity index (χ4n) is 3.67. The van der Waals surface area contributed by atoms with Crippen LogP contribution in [0.2, 0.25) is 0 Å². The number of hydrogen-bond donors (Lipinski definition) is 1. The van der Waals surface area contributed by atoms with Gasteiger partial charge in [-0.3, -0.25) is 0 Å². The second-order valence-electron chi connectivity index (χ2n) is 6.49. The van der Waals surface area contributed by atoms with E-state index in [1.165, 1.54) is 48.8 Å². The molecule has 0 aromatic heterocycles. The van der Waals surface area contributed by atoms with Gasteiger partial charge in [0, 0.05) is 0 Å². The van der Waals surface area contributed by atoms with Crippen molar-refractivity contribution < 1.29 is 0 Å². The van der Waals surface area contributed by atoms with Crippen molar-refractivity contribution in [2.24, 2.45) is 11.1 Å². The van der Waals surface area contributed by atoms with E-state index in [2.05, 4.69) is 54.6 Å². The highest BCUT2D eigenvalue weighted by atomic mass is 14.6. The quantitative estimate of drug-likeness (QED) is 0.874. The fraction of sp³-hybridized carbons (Fsp3) is 0.400. The van der Waals surface area contributed by atoms with Gasteiger partial charge in [-0.15, -0.1) is 0 Å². The molecule has 1 unspecified atom stereocenters. The average Bonchev–Trinajstić information content (AvgIpc) is 2.56. The molecule has 1 aliphatic carbocycles. The molecule has 0 heterocycles. The molecule has 2 aromatic rings. The van der Waals surface area contributed by atoms with E-state index in [-0.39, 0.29) is 0 Å². The van der Waals surface area contributed by atoms with Crippen molar-refractivity contribution in [2.75, 3.05) is 6.54 Å². The molecule has 3 rings (SSSR count). The molecule has 0 radical (unpaired) electrons. The number of rotatable bonds is 5. The minimum absolute atomic E-state index is 0.323. The highest BCUT2D eigenvalue weighted by Gasteiger charge is 2.32. The highest BCUT2D eigenvalue weighted by Crippen LogP contribution is 2.38. The molecule has 0 saturated carbocycles. The zero-order valence-corrected chi connectivity index (χ0v) is 12.7. The molecule has 2 aromatic carbocycles. The van der Waals surface area contributed by atoms with Crippen molar-refractivity contribution in [1.82, 2.24) is 0 Å². The largest absolute Gasteiger partial charge is 0.330 e. The third-order valence-corrected chi connectivity index (χ3v) is 5.06. The van der Waals surface area contributed by atoms with Gasteiger partial charge in [-0.05, 0) is 67.2 Å². The molecule has 2 N–H and O–H groups in total. The van der Waals surface area contributed by atoms with Crippen LogP contribution in [-0.4, -0.2) is 6.54 Å². The second-order valence-corrected chi connectivity index (χ2v) is 6.49. The van der Waals surface area contributed by atoms with Crippen molar-refractivity contribution in [3.63, 3.8) is 0 Å². The van der Waals surface area contributed by atoms with Gasteiger partial charge in [0.05, 0.1) is 0 Å². The zero-order valence-electron chi connectivity index (χ0n) is 12.7. The van der Waals surface area contributed by atoms with Crippen LogP contribution >= 0.6 is 0 Å². The van der Waals surface area contributed by atoms with Crippen LogP contribution in [0.25, 0.3) is 0 Å². The maximum atomic E-state index is 6.17. The van der Waals surface area contributed by atoms with E-state index < -0.39 is 0 Å². The molecule has 0 aliphatic heterocycles. The monoisotopic (exact) mass is 279 g/mol. The summed E-state index contributed by atoms with van der Waals surface area (Å²) in [6.07, 6.45) is 7.25. The first-order valence-electron chi connectivity index (χ1n) is 8.12. The Morgan fingerprint density at radius 2 is 1.62 bits per heavy atom. The molecule has 1 aliphatic rings. The summed E-state index contributed by atoms with van der Waals surface area (Å²) in [4.78, 5) is 0. The molecule has 21 heavy (non-hydrogen) atoms. The van der Waals surface area contributed by atoms with E-state index in [9.17, 15) is 0 Å². The lowest BCUT2D eigenvalue weighted by Crippen LogP contribution is -2.36. The van der Waals surface area contributed by atoms with E-state index in [1.54, 1.807) is 0 Å². The van der Waals surface area contributed by atoms with E-state index in [1.807, 2.05) is 0 Å². The van der Waals surface area contributed by atoms with Crippen LogP contribution in [0.5, 0.6) is 0 Å². The van der Waals surface area contributed by atoms with Gasteiger partial charge in [0.15, 0.2) is 0 Å². The molecule has 110 valence electrons. The Balaban J connectivity index is 1.63. The minimum Gasteiger partial charge on any atom is -0.330 e. The topological polar surface area (TPSA) is 26.0 Å². The maximum Gasteiger partial charge on any atom is -0.00172 e. The Bertz CT molecular complexity index is 575. The summed E-state index contributed by atoms with van der Waals surface area (Å²) in [5, 5.41) is 0. The van der Waals surface area contributed by atoms with Crippen molar-refractivity contribution >= 4 is 0 Å². The lowest BCUT2D eigenvalue weighted by Gasteiger charge is -2.37. The lowest BCUT2D eigenvalue weighted by molar-refractivity contribution is 0.229. The van der Waals surface area contributed by atoms with Crippen molar-refractivity contribution in [2.45, 2.75) is 38.5 Å². The average molecular weight is 279 g/mol. The van der Waals surface area contributed by atoms with Crippen LogP contribution in [0.4, 0.5) is 0 Å². The summed E-state index contributed by atoms with van der Waals surface area (Å²) in [5.74, 6) is 0. The molecule has 1 atom stereocenters. The highest BCUT2D eigenvalue weighted by molar-refractivity contribution is 5.31. The summed E-state index contributed by atoms with van der Waals surface area (Å²) in [6.45, 7) is 0.816. The van der Waals surface area contributed by atoms with Gasteiger partial charge < -0.3 is 5.73 Å². The molecule has 0 fully saturated rings. The molecule has 1 nitrogen and oxygen atoms in total. The number of aryl methyl sites for hydroxylation is 2. The van der Waals surface area contributed by atoms with Crippen LogP contribution in [-0.2, 0) is 19.3 Å².